The van der Waals surface area contributed by atoms with Gasteiger partial charge in [0.15, 0.2) is 11.2 Å². The fourth-order valence-corrected chi connectivity index (χ4v) is 2.54. The van der Waals surface area contributed by atoms with E-state index in [1.54, 1.807) is 26.2 Å². The van der Waals surface area contributed by atoms with Crippen LogP contribution in [0.25, 0.3) is 11.2 Å². The van der Waals surface area contributed by atoms with Gasteiger partial charge in [0.05, 0.1) is 13.3 Å². The third kappa shape index (κ3) is 2.70. The second-order valence-corrected chi connectivity index (χ2v) is 5.67. The summed E-state index contributed by atoms with van der Waals surface area (Å²) >= 11 is 0. The first-order chi connectivity index (χ1) is 12.3. The van der Waals surface area contributed by atoms with Crippen LogP contribution in [0.1, 0.15) is 5.56 Å². The zero-order chi connectivity index (χ0) is 19.0. The summed E-state index contributed by atoms with van der Waals surface area (Å²) in [6.45, 7) is 0. The molecule has 3 aromatic rings. The Hall–Kier alpha value is -3.56. The molecule has 0 bridgehead atoms. The number of ether oxygens (including phenoxy) is 1. The number of aromatic hydroxyl groups is 1. The average Bonchev–Trinajstić information content (AvgIpc) is 2.96. The standard InChI is InChI=1S/C16H18N6O4/c1-20-12-13(21(2)16(25)22(3)14(12)24)18-15(20)19-17-8-9-7-10(26-4)5-6-11(9)23/h5-8,23H,1-4H3,(H,18,19). The van der Waals surface area contributed by atoms with Gasteiger partial charge < -0.3 is 14.4 Å². The summed E-state index contributed by atoms with van der Waals surface area (Å²) in [5.41, 5.74) is 2.78. The summed E-state index contributed by atoms with van der Waals surface area (Å²) in [7, 11) is 6.12. The number of phenolic OH excluding ortho intramolecular Hbond substituents is 1. The van der Waals surface area contributed by atoms with Crippen molar-refractivity contribution in [3.8, 4) is 11.5 Å². The number of hydrogen-bond donors (Lipinski definition) is 2. The van der Waals surface area contributed by atoms with Gasteiger partial charge in [-0.25, -0.2) is 10.2 Å². The lowest BCUT2D eigenvalue weighted by Crippen LogP contribution is -2.37. The van der Waals surface area contributed by atoms with Crippen LogP contribution in [-0.4, -0.2) is 37.1 Å². The lowest BCUT2D eigenvalue weighted by atomic mass is 10.2. The topological polar surface area (TPSA) is 116 Å². The molecule has 0 unspecified atom stereocenters. The average molecular weight is 358 g/mol. The van der Waals surface area contributed by atoms with E-state index in [2.05, 4.69) is 15.5 Å². The summed E-state index contributed by atoms with van der Waals surface area (Å²) in [5, 5.41) is 13.9. The molecule has 0 aliphatic heterocycles. The van der Waals surface area contributed by atoms with Crippen molar-refractivity contribution < 1.29 is 9.84 Å². The van der Waals surface area contributed by atoms with Crippen molar-refractivity contribution in [1.29, 1.82) is 0 Å². The van der Waals surface area contributed by atoms with Gasteiger partial charge in [0.1, 0.15) is 11.5 Å². The molecule has 2 N–H and O–H groups in total. The van der Waals surface area contributed by atoms with E-state index in [-0.39, 0.29) is 22.9 Å². The van der Waals surface area contributed by atoms with Gasteiger partial charge in [-0.1, -0.05) is 0 Å². The van der Waals surface area contributed by atoms with Gasteiger partial charge in [-0.15, -0.1) is 0 Å². The molecule has 0 saturated heterocycles. The number of hydrazone groups is 1. The number of anilines is 1. The van der Waals surface area contributed by atoms with Crippen LogP contribution >= 0.6 is 0 Å². The van der Waals surface area contributed by atoms with Crippen LogP contribution in [0.2, 0.25) is 0 Å². The van der Waals surface area contributed by atoms with Gasteiger partial charge in [-0.2, -0.15) is 10.1 Å². The monoisotopic (exact) mass is 358 g/mol. The van der Waals surface area contributed by atoms with E-state index in [1.807, 2.05) is 0 Å². The van der Waals surface area contributed by atoms with Crippen molar-refractivity contribution in [3.05, 3.63) is 44.6 Å². The predicted octanol–water partition coefficient (Wildman–Crippen LogP) is 0.131. The van der Waals surface area contributed by atoms with Crippen molar-refractivity contribution in [2.75, 3.05) is 12.5 Å². The normalized spacial score (nSPS) is 11.4. The Labute approximate surface area is 147 Å². The molecule has 0 atom stereocenters. The largest absolute Gasteiger partial charge is 0.507 e. The number of benzene rings is 1. The molecule has 0 aliphatic carbocycles. The number of phenols is 1. The van der Waals surface area contributed by atoms with Crippen LogP contribution in [0.3, 0.4) is 0 Å². The Morgan fingerprint density at radius 3 is 2.62 bits per heavy atom. The van der Waals surface area contributed by atoms with Crippen LogP contribution in [-0.2, 0) is 21.1 Å². The minimum Gasteiger partial charge on any atom is -0.507 e. The number of aryl methyl sites for hydroxylation is 2. The molecule has 0 fully saturated rings. The van der Waals surface area contributed by atoms with Crippen molar-refractivity contribution in [2.45, 2.75) is 0 Å². The molecule has 136 valence electrons. The molecule has 10 nitrogen and oxygen atoms in total. The summed E-state index contributed by atoms with van der Waals surface area (Å²) in [6, 6.07) is 4.74. The molecule has 26 heavy (non-hydrogen) atoms. The first kappa shape index (κ1) is 17.3. The second kappa shape index (κ2) is 6.39. The SMILES string of the molecule is COc1ccc(O)c(C=NNc2nc3c(c(=O)n(C)c(=O)n3C)n2C)c1. The first-order valence-corrected chi connectivity index (χ1v) is 7.63. The van der Waals surface area contributed by atoms with Crippen molar-refractivity contribution in [3.63, 3.8) is 0 Å². The number of rotatable bonds is 4. The summed E-state index contributed by atoms with van der Waals surface area (Å²) < 4.78 is 8.93. The van der Waals surface area contributed by atoms with Crippen LogP contribution in [0.4, 0.5) is 5.95 Å². The molecule has 10 heteroatoms. The molecule has 0 aliphatic rings. The Balaban J connectivity index is 1.99. The summed E-state index contributed by atoms with van der Waals surface area (Å²) in [6.07, 6.45) is 1.40. The molecule has 1 aromatic carbocycles. The summed E-state index contributed by atoms with van der Waals surface area (Å²) in [4.78, 5) is 28.6. The zero-order valence-electron chi connectivity index (χ0n) is 14.7. The van der Waals surface area contributed by atoms with Gasteiger partial charge in [0.2, 0.25) is 5.95 Å². The maximum atomic E-state index is 12.3. The van der Waals surface area contributed by atoms with Gasteiger partial charge in [0.25, 0.3) is 5.56 Å². The van der Waals surface area contributed by atoms with E-state index in [0.29, 0.717) is 11.3 Å². The fourth-order valence-electron chi connectivity index (χ4n) is 2.54. The number of methoxy groups -OCH3 is 1. The molecular formula is C16H18N6O4. The molecule has 2 heterocycles. The van der Waals surface area contributed by atoms with Gasteiger partial charge >= 0.3 is 5.69 Å². The van der Waals surface area contributed by atoms with Crippen LogP contribution < -0.4 is 21.4 Å². The lowest BCUT2D eigenvalue weighted by Gasteiger charge is -2.04. The van der Waals surface area contributed by atoms with E-state index in [1.165, 1.54) is 35.6 Å². The van der Waals surface area contributed by atoms with Crippen LogP contribution in [0.15, 0.2) is 32.9 Å². The summed E-state index contributed by atoms with van der Waals surface area (Å²) in [5.74, 6) is 0.889. The highest BCUT2D eigenvalue weighted by atomic mass is 16.5. The highest BCUT2D eigenvalue weighted by Crippen LogP contribution is 2.21. The quantitative estimate of drug-likeness (QED) is 0.506. The third-order valence-electron chi connectivity index (χ3n) is 4.08. The molecule has 0 amide bonds. The predicted molar refractivity (Wildman–Crippen MR) is 97.1 cm³/mol. The smallest absolute Gasteiger partial charge is 0.332 e. The van der Waals surface area contributed by atoms with Gasteiger partial charge in [-0.05, 0) is 18.2 Å². The Bertz CT molecular complexity index is 1140. The number of aromatic nitrogens is 4. The van der Waals surface area contributed by atoms with Crippen molar-refractivity contribution in [2.24, 2.45) is 26.2 Å². The fraction of sp³-hybridized carbons (Fsp3) is 0.250. The Morgan fingerprint density at radius 2 is 1.92 bits per heavy atom. The number of hydrogen-bond acceptors (Lipinski definition) is 7. The molecule has 3 rings (SSSR count). The number of fused-ring (bicyclic) bond motifs is 1. The first-order valence-electron chi connectivity index (χ1n) is 7.63. The van der Waals surface area contributed by atoms with E-state index < -0.39 is 11.2 Å². The number of imidazole rings is 1. The Morgan fingerprint density at radius 1 is 1.19 bits per heavy atom. The van der Waals surface area contributed by atoms with E-state index in [9.17, 15) is 14.7 Å². The molecular weight excluding hydrogens is 340 g/mol. The molecule has 2 aromatic heterocycles. The van der Waals surface area contributed by atoms with Gasteiger partial charge in [0, 0.05) is 26.7 Å². The minimum atomic E-state index is -0.461. The maximum Gasteiger partial charge on any atom is 0.332 e. The number of nitrogens with one attached hydrogen (secondary N) is 1. The zero-order valence-corrected chi connectivity index (χ0v) is 14.7. The second-order valence-electron chi connectivity index (χ2n) is 5.67. The van der Waals surface area contributed by atoms with Crippen molar-refractivity contribution in [1.82, 2.24) is 18.7 Å². The molecule has 0 saturated carbocycles. The maximum absolute atomic E-state index is 12.3. The highest BCUT2D eigenvalue weighted by molar-refractivity contribution is 5.84. The Kier molecular flexibility index (Phi) is 4.24. The highest BCUT2D eigenvalue weighted by Gasteiger charge is 2.16. The lowest BCUT2D eigenvalue weighted by molar-refractivity contribution is 0.412. The van der Waals surface area contributed by atoms with Crippen molar-refractivity contribution >= 4 is 23.3 Å². The van der Waals surface area contributed by atoms with Crippen LogP contribution in [0, 0.1) is 0 Å². The van der Waals surface area contributed by atoms with E-state index in [0.717, 1.165) is 4.57 Å². The third-order valence-corrected chi connectivity index (χ3v) is 4.08. The van der Waals surface area contributed by atoms with E-state index in [4.69, 9.17) is 4.74 Å². The minimum absolute atomic E-state index is 0.0395. The van der Waals surface area contributed by atoms with Crippen LogP contribution in [0.5, 0.6) is 11.5 Å². The molecule has 0 radical (unpaired) electrons. The van der Waals surface area contributed by atoms with E-state index >= 15 is 0 Å². The molecule has 0 spiro atoms. The number of nitrogens with zero attached hydrogens (tertiary/aromatic N) is 5. The van der Waals surface area contributed by atoms with Gasteiger partial charge in [-0.3, -0.25) is 13.9 Å².